The number of thioether (sulfide) groups is 1. The molecule has 0 aliphatic rings. The van der Waals surface area contributed by atoms with Gasteiger partial charge in [-0.2, -0.15) is 11.8 Å². The van der Waals surface area contributed by atoms with Crippen LogP contribution in [0.1, 0.15) is 39.4 Å². The number of hydrogen-bond donors (Lipinski definition) is 1. The van der Waals surface area contributed by atoms with E-state index in [9.17, 15) is 0 Å². The summed E-state index contributed by atoms with van der Waals surface area (Å²) in [5.74, 6) is 1.05. The van der Waals surface area contributed by atoms with E-state index in [0.717, 1.165) is 11.4 Å². The van der Waals surface area contributed by atoms with Crippen molar-refractivity contribution >= 4 is 28.4 Å². The fourth-order valence-electron chi connectivity index (χ4n) is 2.32. The maximum absolute atomic E-state index is 6.14. The summed E-state index contributed by atoms with van der Waals surface area (Å²) in [5, 5.41) is 1.91. The van der Waals surface area contributed by atoms with Crippen LogP contribution >= 0.6 is 11.8 Å². The van der Waals surface area contributed by atoms with Gasteiger partial charge in [-0.3, -0.25) is 0 Å². The van der Waals surface area contributed by atoms with Gasteiger partial charge in [0.05, 0.1) is 11.2 Å². The van der Waals surface area contributed by atoms with Gasteiger partial charge in [-0.1, -0.05) is 26.0 Å². The second kappa shape index (κ2) is 5.27. The van der Waals surface area contributed by atoms with Crippen molar-refractivity contribution in [1.29, 1.82) is 0 Å². The first-order valence-corrected chi connectivity index (χ1v) is 7.55. The summed E-state index contributed by atoms with van der Waals surface area (Å²) >= 11 is 1.98. The van der Waals surface area contributed by atoms with Crippen LogP contribution in [0.5, 0.6) is 0 Å². The highest BCUT2D eigenvalue weighted by Gasteiger charge is 2.13. The van der Waals surface area contributed by atoms with E-state index < -0.39 is 0 Å². The molecule has 1 aromatic heterocycles. The third-order valence-corrected chi connectivity index (χ3v) is 4.18. The highest BCUT2D eigenvalue weighted by Crippen LogP contribution is 2.31. The molecule has 0 spiro atoms. The molecule has 0 fully saturated rings. The third-order valence-electron chi connectivity index (χ3n) is 3.05. The summed E-state index contributed by atoms with van der Waals surface area (Å²) in [6, 6.07) is 8.88. The standard InChI is InChI=1S/C15H22N2S/c1-10(2)17-13(9-18-11(3)4)8-12-6-5-7-14(16)15(12)17/h5-8,10-11H,9,16H2,1-4H3. The molecule has 2 N–H and O–H groups in total. The molecular weight excluding hydrogens is 240 g/mol. The van der Waals surface area contributed by atoms with Crippen LogP contribution in [-0.4, -0.2) is 9.82 Å². The van der Waals surface area contributed by atoms with E-state index in [0.29, 0.717) is 11.3 Å². The molecule has 0 unspecified atom stereocenters. The molecule has 0 saturated carbocycles. The Labute approximate surface area is 114 Å². The van der Waals surface area contributed by atoms with Gasteiger partial charge in [-0.15, -0.1) is 0 Å². The SMILES string of the molecule is CC(C)SCc1cc2cccc(N)c2n1C(C)C. The Bertz CT molecular complexity index is 541. The molecule has 1 aromatic carbocycles. The lowest BCUT2D eigenvalue weighted by molar-refractivity contribution is 0.606. The predicted octanol–water partition coefficient (Wildman–Crippen LogP) is 4.45. The molecule has 1 heterocycles. The van der Waals surface area contributed by atoms with Crippen LogP contribution < -0.4 is 5.73 Å². The van der Waals surface area contributed by atoms with Gasteiger partial charge in [0.1, 0.15) is 0 Å². The van der Waals surface area contributed by atoms with Crippen LogP contribution in [0.4, 0.5) is 5.69 Å². The van der Waals surface area contributed by atoms with E-state index in [4.69, 9.17) is 5.73 Å². The summed E-state index contributed by atoms with van der Waals surface area (Å²) in [4.78, 5) is 0. The Morgan fingerprint density at radius 2 is 1.94 bits per heavy atom. The van der Waals surface area contributed by atoms with Gasteiger partial charge in [0, 0.05) is 22.9 Å². The molecular formula is C15H22N2S. The minimum Gasteiger partial charge on any atom is -0.397 e. The predicted molar refractivity (Wildman–Crippen MR) is 83.2 cm³/mol. The first-order valence-electron chi connectivity index (χ1n) is 6.50. The molecule has 0 aliphatic carbocycles. The summed E-state index contributed by atoms with van der Waals surface area (Å²) in [6.07, 6.45) is 0. The fraction of sp³-hybridized carbons (Fsp3) is 0.467. The van der Waals surface area contributed by atoms with Gasteiger partial charge in [0.25, 0.3) is 0 Å². The van der Waals surface area contributed by atoms with Gasteiger partial charge in [0.2, 0.25) is 0 Å². The van der Waals surface area contributed by atoms with Crippen LogP contribution in [0, 0.1) is 0 Å². The number of anilines is 1. The maximum atomic E-state index is 6.14. The zero-order chi connectivity index (χ0) is 13.3. The third kappa shape index (κ3) is 2.51. The van der Waals surface area contributed by atoms with Crippen molar-refractivity contribution in [3.05, 3.63) is 30.0 Å². The summed E-state index contributed by atoms with van der Waals surface area (Å²) in [6.45, 7) is 8.91. The molecule has 2 aromatic rings. The van der Waals surface area contributed by atoms with Crippen molar-refractivity contribution in [3.8, 4) is 0 Å². The lowest BCUT2D eigenvalue weighted by atomic mass is 10.2. The second-order valence-electron chi connectivity index (χ2n) is 5.24. The Morgan fingerprint density at radius 3 is 2.56 bits per heavy atom. The zero-order valence-corrected chi connectivity index (χ0v) is 12.4. The van der Waals surface area contributed by atoms with E-state index in [1.54, 1.807) is 0 Å². The molecule has 0 aliphatic heterocycles. The molecule has 0 amide bonds. The van der Waals surface area contributed by atoms with Crippen molar-refractivity contribution in [3.63, 3.8) is 0 Å². The van der Waals surface area contributed by atoms with E-state index in [-0.39, 0.29) is 0 Å². The van der Waals surface area contributed by atoms with Crippen molar-refractivity contribution in [2.45, 2.75) is 44.7 Å². The number of nitrogens with zero attached hydrogens (tertiary/aromatic N) is 1. The molecule has 3 heteroatoms. The Balaban J connectivity index is 2.52. The fourth-order valence-corrected chi connectivity index (χ4v) is 3.05. The Kier molecular flexibility index (Phi) is 3.91. The topological polar surface area (TPSA) is 30.9 Å². The van der Waals surface area contributed by atoms with Crippen molar-refractivity contribution in [2.75, 3.05) is 5.73 Å². The van der Waals surface area contributed by atoms with Crippen LogP contribution in [0.3, 0.4) is 0 Å². The van der Waals surface area contributed by atoms with E-state index in [2.05, 4.69) is 44.4 Å². The largest absolute Gasteiger partial charge is 0.397 e. The number of rotatable bonds is 4. The van der Waals surface area contributed by atoms with E-state index in [1.807, 2.05) is 23.9 Å². The molecule has 18 heavy (non-hydrogen) atoms. The van der Waals surface area contributed by atoms with Gasteiger partial charge < -0.3 is 10.3 Å². The number of aromatic nitrogens is 1. The quantitative estimate of drug-likeness (QED) is 0.825. The number of fused-ring (bicyclic) bond motifs is 1. The van der Waals surface area contributed by atoms with E-state index in [1.165, 1.54) is 16.6 Å². The van der Waals surface area contributed by atoms with Crippen LogP contribution in [0.15, 0.2) is 24.3 Å². The highest BCUT2D eigenvalue weighted by molar-refractivity contribution is 7.99. The highest BCUT2D eigenvalue weighted by atomic mass is 32.2. The average Bonchev–Trinajstić information content (AvgIpc) is 2.66. The molecule has 0 saturated heterocycles. The van der Waals surface area contributed by atoms with Gasteiger partial charge >= 0.3 is 0 Å². The van der Waals surface area contributed by atoms with Gasteiger partial charge in [-0.25, -0.2) is 0 Å². The van der Waals surface area contributed by atoms with Crippen LogP contribution in [-0.2, 0) is 5.75 Å². The maximum Gasteiger partial charge on any atom is 0.0718 e. The summed E-state index contributed by atoms with van der Waals surface area (Å²) in [7, 11) is 0. The lowest BCUT2D eigenvalue weighted by Gasteiger charge is -2.16. The molecule has 98 valence electrons. The Morgan fingerprint density at radius 1 is 1.22 bits per heavy atom. The summed E-state index contributed by atoms with van der Waals surface area (Å²) in [5.41, 5.74) is 9.57. The van der Waals surface area contributed by atoms with Gasteiger partial charge in [0.15, 0.2) is 0 Å². The number of benzene rings is 1. The smallest absolute Gasteiger partial charge is 0.0718 e. The monoisotopic (exact) mass is 262 g/mol. The number of nitrogens with two attached hydrogens (primary N) is 1. The Hall–Kier alpha value is -1.09. The van der Waals surface area contributed by atoms with Gasteiger partial charge in [-0.05, 0) is 31.2 Å². The molecule has 2 nitrogen and oxygen atoms in total. The number of para-hydroxylation sites is 1. The zero-order valence-electron chi connectivity index (χ0n) is 11.6. The van der Waals surface area contributed by atoms with Crippen molar-refractivity contribution in [1.82, 2.24) is 4.57 Å². The second-order valence-corrected chi connectivity index (χ2v) is 6.81. The van der Waals surface area contributed by atoms with Crippen LogP contribution in [0.2, 0.25) is 0 Å². The van der Waals surface area contributed by atoms with Crippen molar-refractivity contribution < 1.29 is 0 Å². The lowest BCUT2D eigenvalue weighted by Crippen LogP contribution is -2.06. The molecule has 0 atom stereocenters. The normalized spacial score (nSPS) is 11.9. The first kappa shape index (κ1) is 13.3. The number of nitrogen functional groups attached to an aromatic ring is 1. The first-order chi connectivity index (χ1) is 8.50. The molecule has 0 bridgehead atoms. The van der Waals surface area contributed by atoms with E-state index >= 15 is 0 Å². The molecule has 2 rings (SSSR count). The van der Waals surface area contributed by atoms with Crippen molar-refractivity contribution in [2.24, 2.45) is 0 Å². The summed E-state index contributed by atoms with van der Waals surface area (Å²) < 4.78 is 2.38. The minimum absolute atomic E-state index is 0.440. The average molecular weight is 262 g/mol. The van der Waals surface area contributed by atoms with Crippen LogP contribution in [0.25, 0.3) is 10.9 Å². The minimum atomic E-state index is 0.440. The number of hydrogen-bond acceptors (Lipinski definition) is 2. The molecule has 0 radical (unpaired) electrons.